The molecule has 0 aliphatic carbocycles. The normalized spacial score (nSPS) is 19.9. The Morgan fingerprint density at radius 3 is 2.74 bits per heavy atom. The summed E-state index contributed by atoms with van der Waals surface area (Å²) in [5.74, 6) is 0. The first-order chi connectivity index (χ1) is 9.20. The Labute approximate surface area is 119 Å². The fourth-order valence-electron chi connectivity index (χ4n) is 2.85. The van der Waals surface area contributed by atoms with E-state index in [0.717, 1.165) is 6.54 Å². The van der Waals surface area contributed by atoms with Gasteiger partial charge in [0.1, 0.15) is 0 Å². The molecule has 0 saturated carbocycles. The van der Waals surface area contributed by atoms with Crippen LogP contribution >= 0.6 is 11.3 Å². The van der Waals surface area contributed by atoms with Crippen LogP contribution in [0.4, 0.5) is 0 Å². The third-order valence-electron chi connectivity index (χ3n) is 4.52. The van der Waals surface area contributed by atoms with Crippen LogP contribution in [0.5, 0.6) is 0 Å². The predicted octanol–water partition coefficient (Wildman–Crippen LogP) is 3.48. The second-order valence-corrected chi connectivity index (χ2v) is 6.76. The topological polar surface area (TPSA) is 15.3 Å². The number of benzene rings is 1. The van der Waals surface area contributed by atoms with Crippen LogP contribution in [0.25, 0.3) is 10.1 Å². The van der Waals surface area contributed by atoms with Gasteiger partial charge in [-0.15, -0.1) is 11.3 Å². The summed E-state index contributed by atoms with van der Waals surface area (Å²) in [4.78, 5) is 2.59. The average Bonchev–Trinajstić information content (AvgIpc) is 2.85. The number of likely N-dealkylation sites (tertiary alicyclic amines) is 1. The van der Waals surface area contributed by atoms with Gasteiger partial charge in [-0.3, -0.25) is 4.90 Å². The minimum absolute atomic E-state index is 0.340. The lowest BCUT2D eigenvalue weighted by molar-refractivity contribution is 0.147. The standard InChI is InChI=1S/C16H22N2S/c1-16(17-2)7-9-18(10-8-16)11-13-12-19-15-6-4-3-5-14(13)15/h3-6,12,17H,7-11H2,1-2H3. The van der Waals surface area contributed by atoms with Crippen molar-refractivity contribution in [3.05, 3.63) is 35.2 Å². The molecular weight excluding hydrogens is 252 g/mol. The number of rotatable bonds is 3. The van der Waals surface area contributed by atoms with E-state index in [9.17, 15) is 0 Å². The zero-order valence-electron chi connectivity index (χ0n) is 11.8. The van der Waals surface area contributed by atoms with Gasteiger partial charge in [0.25, 0.3) is 0 Å². The summed E-state index contributed by atoms with van der Waals surface area (Å²) < 4.78 is 1.41. The molecule has 102 valence electrons. The van der Waals surface area contributed by atoms with Crippen LogP contribution in [0.3, 0.4) is 0 Å². The Balaban J connectivity index is 1.70. The van der Waals surface area contributed by atoms with Crippen molar-refractivity contribution in [2.24, 2.45) is 0 Å². The van der Waals surface area contributed by atoms with E-state index in [4.69, 9.17) is 0 Å². The Hall–Kier alpha value is -0.900. The SMILES string of the molecule is CNC1(C)CCN(Cc2csc3ccccc23)CC1. The van der Waals surface area contributed by atoms with Gasteiger partial charge in [0.05, 0.1) is 0 Å². The number of hydrogen-bond acceptors (Lipinski definition) is 3. The van der Waals surface area contributed by atoms with Gasteiger partial charge >= 0.3 is 0 Å². The summed E-state index contributed by atoms with van der Waals surface area (Å²) >= 11 is 1.87. The van der Waals surface area contributed by atoms with Gasteiger partial charge in [-0.25, -0.2) is 0 Å². The quantitative estimate of drug-likeness (QED) is 0.922. The van der Waals surface area contributed by atoms with Crippen LogP contribution in [-0.2, 0) is 6.54 Å². The predicted molar refractivity (Wildman–Crippen MR) is 83.8 cm³/mol. The first-order valence-electron chi connectivity index (χ1n) is 7.07. The lowest BCUT2D eigenvalue weighted by atomic mass is 9.90. The van der Waals surface area contributed by atoms with E-state index in [-0.39, 0.29) is 0 Å². The number of piperidine rings is 1. The molecule has 2 nitrogen and oxygen atoms in total. The van der Waals surface area contributed by atoms with Crippen LogP contribution in [0, 0.1) is 0 Å². The van der Waals surface area contributed by atoms with Gasteiger partial charge in [0, 0.05) is 29.9 Å². The fourth-order valence-corrected chi connectivity index (χ4v) is 3.80. The van der Waals surface area contributed by atoms with Crippen molar-refractivity contribution < 1.29 is 0 Å². The number of nitrogens with one attached hydrogen (secondary N) is 1. The molecule has 0 bridgehead atoms. The van der Waals surface area contributed by atoms with Crippen molar-refractivity contribution in [3.8, 4) is 0 Å². The monoisotopic (exact) mass is 274 g/mol. The molecule has 1 aromatic carbocycles. The third kappa shape index (κ3) is 2.69. The van der Waals surface area contributed by atoms with Crippen molar-refractivity contribution in [2.75, 3.05) is 20.1 Å². The third-order valence-corrected chi connectivity index (χ3v) is 5.53. The molecule has 3 rings (SSSR count). The molecule has 3 heteroatoms. The maximum Gasteiger partial charge on any atom is 0.0346 e. The van der Waals surface area contributed by atoms with E-state index in [1.165, 1.54) is 41.6 Å². The Morgan fingerprint density at radius 1 is 1.26 bits per heavy atom. The fraction of sp³-hybridized carbons (Fsp3) is 0.500. The van der Waals surface area contributed by atoms with Gasteiger partial charge in [-0.1, -0.05) is 18.2 Å². The average molecular weight is 274 g/mol. The van der Waals surface area contributed by atoms with Crippen LogP contribution in [0.2, 0.25) is 0 Å². The maximum atomic E-state index is 3.46. The van der Waals surface area contributed by atoms with E-state index in [1.807, 2.05) is 11.3 Å². The lowest BCUT2D eigenvalue weighted by Gasteiger charge is -2.39. The number of hydrogen-bond donors (Lipinski definition) is 1. The van der Waals surface area contributed by atoms with Crippen LogP contribution in [-0.4, -0.2) is 30.6 Å². The van der Waals surface area contributed by atoms with Gasteiger partial charge in [-0.2, -0.15) is 0 Å². The molecule has 0 amide bonds. The highest BCUT2D eigenvalue weighted by Gasteiger charge is 2.28. The Bertz CT molecular complexity index is 553. The zero-order valence-corrected chi connectivity index (χ0v) is 12.6. The second-order valence-electron chi connectivity index (χ2n) is 5.84. The minimum Gasteiger partial charge on any atom is -0.314 e. The van der Waals surface area contributed by atoms with Crippen molar-refractivity contribution in [1.82, 2.24) is 10.2 Å². The van der Waals surface area contributed by atoms with Gasteiger partial charge in [0.2, 0.25) is 0 Å². The highest BCUT2D eigenvalue weighted by atomic mass is 32.1. The molecule has 1 aromatic heterocycles. The first-order valence-corrected chi connectivity index (χ1v) is 7.94. The molecule has 19 heavy (non-hydrogen) atoms. The maximum absolute atomic E-state index is 3.46. The molecule has 1 fully saturated rings. The number of nitrogens with zero attached hydrogens (tertiary/aromatic N) is 1. The summed E-state index contributed by atoms with van der Waals surface area (Å²) in [6.45, 7) is 5.83. The summed E-state index contributed by atoms with van der Waals surface area (Å²) in [6.07, 6.45) is 2.48. The van der Waals surface area contributed by atoms with Crippen molar-refractivity contribution in [1.29, 1.82) is 0 Å². The smallest absolute Gasteiger partial charge is 0.0346 e. The zero-order chi connectivity index (χ0) is 13.3. The minimum atomic E-state index is 0.340. The Kier molecular flexibility index (Phi) is 3.61. The summed E-state index contributed by atoms with van der Waals surface area (Å²) in [7, 11) is 2.09. The summed E-state index contributed by atoms with van der Waals surface area (Å²) in [5, 5.41) is 7.23. The molecule has 0 atom stereocenters. The van der Waals surface area contributed by atoms with E-state index in [2.05, 4.69) is 53.8 Å². The highest BCUT2D eigenvalue weighted by Crippen LogP contribution is 2.28. The second kappa shape index (κ2) is 5.23. The van der Waals surface area contributed by atoms with Crippen LogP contribution in [0.15, 0.2) is 29.6 Å². The largest absolute Gasteiger partial charge is 0.314 e. The number of fused-ring (bicyclic) bond motifs is 1. The van der Waals surface area contributed by atoms with Gasteiger partial charge in [-0.05, 0) is 49.2 Å². The van der Waals surface area contributed by atoms with E-state index >= 15 is 0 Å². The molecule has 1 aliphatic rings. The molecule has 0 spiro atoms. The molecule has 1 N–H and O–H groups in total. The summed E-state index contributed by atoms with van der Waals surface area (Å²) in [6, 6.07) is 8.75. The van der Waals surface area contributed by atoms with Crippen molar-refractivity contribution in [3.63, 3.8) is 0 Å². The molecule has 1 aliphatic heterocycles. The molecule has 0 unspecified atom stereocenters. The van der Waals surface area contributed by atoms with Gasteiger partial charge < -0.3 is 5.32 Å². The number of thiophene rings is 1. The molecule has 2 aromatic rings. The molecule has 0 radical (unpaired) electrons. The lowest BCUT2D eigenvalue weighted by Crippen LogP contribution is -2.49. The van der Waals surface area contributed by atoms with E-state index in [1.54, 1.807) is 0 Å². The highest BCUT2D eigenvalue weighted by molar-refractivity contribution is 7.17. The molecule has 2 heterocycles. The van der Waals surface area contributed by atoms with Crippen LogP contribution < -0.4 is 5.32 Å². The molecular formula is C16H22N2S. The van der Waals surface area contributed by atoms with Crippen molar-refractivity contribution >= 4 is 21.4 Å². The van der Waals surface area contributed by atoms with E-state index < -0.39 is 0 Å². The Morgan fingerprint density at radius 2 is 2.00 bits per heavy atom. The van der Waals surface area contributed by atoms with Crippen LogP contribution in [0.1, 0.15) is 25.3 Å². The van der Waals surface area contributed by atoms with Gasteiger partial charge in [0.15, 0.2) is 0 Å². The molecule has 1 saturated heterocycles. The summed E-state index contributed by atoms with van der Waals surface area (Å²) in [5.41, 5.74) is 1.83. The van der Waals surface area contributed by atoms with Crippen molar-refractivity contribution in [2.45, 2.75) is 31.8 Å². The first kappa shape index (κ1) is 13.1. The van der Waals surface area contributed by atoms with E-state index in [0.29, 0.717) is 5.54 Å².